The fraction of sp³-hybridized carbons (Fsp3) is 0.559. The summed E-state index contributed by atoms with van der Waals surface area (Å²) in [5.74, 6) is 1.42. The molecule has 5 atom stereocenters. The number of aromatic nitrogens is 2. The van der Waals surface area contributed by atoms with E-state index in [1.54, 1.807) is 24.3 Å². The average molecular weight is 589 g/mol. The molecule has 3 fully saturated rings. The van der Waals surface area contributed by atoms with Crippen molar-refractivity contribution >= 4 is 22.5 Å². The summed E-state index contributed by atoms with van der Waals surface area (Å²) in [5, 5.41) is 0.494. The van der Waals surface area contributed by atoms with E-state index in [2.05, 4.69) is 49.4 Å². The zero-order valence-electron chi connectivity index (χ0n) is 26.3. The Morgan fingerprint density at radius 1 is 1.14 bits per heavy atom. The number of methoxy groups -OCH3 is 1. The molecule has 9 heteroatoms. The Labute approximate surface area is 253 Å². The van der Waals surface area contributed by atoms with Crippen LogP contribution in [0.3, 0.4) is 0 Å². The quantitative estimate of drug-likeness (QED) is 0.309. The van der Waals surface area contributed by atoms with Crippen LogP contribution in [0.4, 0.5) is 10.1 Å². The van der Waals surface area contributed by atoms with Gasteiger partial charge in [-0.2, -0.15) is 0 Å². The molecule has 2 aromatic carbocycles. The van der Waals surface area contributed by atoms with Crippen molar-refractivity contribution in [3.05, 3.63) is 64.5 Å². The third kappa shape index (κ3) is 4.99. The van der Waals surface area contributed by atoms with Gasteiger partial charge in [0.25, 0.3) is 5.56 Å². The normalized spacial score (nSPS) is 29.0. The molecule has 43 heavy (non-hydrogen) atoms. The molecule has 5 unspecified atom stereocenters. The van der Waals surface area contributed by atoms with Gasteiger partial charge in [-0.15, -0.1) is 0 Å². The van der Waals surface area contributed by atoms with Gasteiger partial charge in [0.05, 0.1) is 30.0 Å². The maximum atomic E-state index is 14.4. The smallest absolute Gasteiger partial charge is 0.261 e. The van der Waals surface area contributed by atoms with Gasteiger partial charge < -0.3 is 15.4 Å². The molecule has 1 saturated heterocycles. The largest absolute Gasteiger partial charge is 0.497 e. The number of hydrogen-bond donors (Lipinski definition) is 1. The van der Waals surface area contributed by atoms with Crippen molar-refractivity contribution in [3.63, 3.8) is 0 Å². The zero-order chi connectivity index (χ0) is 30.7. The molecule has 2 N–H and O–H groups in total. The highest BCUT2D eigenvalue weighted by atomic mass is 19.1. The van der Waals surface area contributed by atoms with Gasteiger partial charge >= 0.3 is 0 Å². The third-order valence-corrected chi connectivity index (χ3v) is 11.4. The van der Waals surface area contributed by atoms with Gasteiger partial charge in [0, 0.05) is 43.8 Å². The molecule has 230 valence electrons. The molecule has 0 radical (unpaired) electrons. The van der Waals surface area contributed by atoms with Crippen LogP contribution in [0.1, 0.15) is 59.4 Å². The second-order valence-electron chi connectivity index (χ2n) is 13.8. The maximum absolute atomic E-state index is 14.4. The van der Waals surface area contributed by atoms with E-state index in [0.717, 1.165) is 19.0 Å². The molecule has 2 heterocycles. The summed E-state index contributed by atoms with van der Waals surface area (Å²) in [4.78, 5) is 27.4. The maximum Gasteiger partial charge on any atom is 0.261 e. The standard InChI is InChI=1S/C34H45FN6O2/c1-21-18-40(19-22(2)41(21)30-15-24-11-13-34(30,5)33(24,3)4)32(36)38-25-8-10-27-29(16-25)37-20-39(31(27)42)14-12-23-7-9-26(43-6)17-28(23)35/h7-10,16-17,20-22,24,30H,11-15,18-19H2,1-6H3,(H2,36,38). The number of hydrogen-bond acceptors (Lipinski definition) is 5. The van der Waals surface area contributed by atoms with Crippen molar-refractivity contribution in [3.8, 4) is 5.75 Å². The Bertz CT molecular complexity index is 1610. The number of aryl methyl sites for hydroxylation is 2. The minimum atomic E-state index is -0.352. The Hall–Kier alpha value is -3.46. The summed E-state index contributed by atoms with van der Waals surface area (Å²) in [5.41, 5.74) is 8.90. The molecule has 8 nitrogen and oxygen atoms in total. The molecular weight excluding hydrogens is 543 g/mol. The van der Waals surface area contributed by atoms with Gasteiger partial charge in [-0.25, -0.2) is 14.4 Å². The lowest BCUT2D eigenvalue weighted by molar-refractivity contribution is -0.0337. The first-order valence-electron chi connectivity index (χ1n) is 15.6. The van der Waals surface area contributed by atoms with Crippen LogP contribution in [-0.2, 0) is 13.0 Å². The van der Waals surface area contributed by atoms with Crippen LogP contribution < -0.4 is 16.0 Å². The molecule has 3 aromatic rings. The fourth-order valence-corrected chi connectivity index (χ4v) is 8.43. The average Bonchev–Trinajstić information content (AvgIpc) is 3.31. The highest BCUT2D eigenvalue weighted by molar-refractivity contribution is 5.85. The van der Waals surface area contributed by atoms with Gasteiger partial charge in [-0.1, -0.05) is 26.8 Å². The molecule has 1 aromatic heterocycles. The van der Waals surface area contributed by atoms with Gasteiger partial charge in [-0.05, 0) is 86.1 Å². The minimum absolute atomic E-state index is 0.168. The minimum Gasteiger partial charge on any atom is -0.497 e. The van der Waals surface area contributed by atoms with Crippen LogP contribution in [0.15, 0.2) is 52.5 Å². The van der Waals surface area contributed by atoms with E-state index in [-0.39, 0.29) is 11.4 Å². The van der Waals surface area contributed by atoms with Crippen LogP contribution in [-0.4, -0.2) is 63.6 Å². The van der Waals surface area contributed by atoms with Crippen LogP contribution in [0.2, 0.25) is 0 Å². The van der Waals surface area contributed by atoms with Crippen LogP contribution in [0.5, 0.6) is 5.75 Å². The Kier molecular flexibility index (Phi) is 7.51. The molecule has 0 spiro atoms. The summed E-state index contributed by atoms with van der Waals surface area (Å²) in [7, 11) is 1.50. The first kappa shape index (κ1) is 29.6. The topological polar surface area (TPSA) is 89.0 Å². The number of piperazine rings is 1. The zero-order valence-corrected chi connectivity index (χ0v) is 26.3. The van der Waals surface area contributed by atoms with Crippen molar-refractivity contribution in [2.75, 3.05) is 20.2 Å². The Balaban J connectivity index is 1.15. The fourth-order valence-electron chi connectivity index (χ4n) is 8.43. The third-order valence-electron chi connectivity index (χ3n) is 11.4. The van der Waals surface area contributed by atoms with E-state index in [9.17, 15) is 9.18 Å². The number of ether oxygens (including phenoxy) is 1. The highest BCUT2D eigenvalue weighted by Crippen LogP contribution is 2.67. The van der Waals surface area contributed by atoms with E-state index in [1.165, 1.54) is 43.3 Å². The van der Waals surface area contributed by atoms with E-state index in [0.29, 0.717) is 75.8 Å². The first-order chi connectivity index (χ1) is 20.4. The lowest BCUT2D eigenvalue weighted by Crippen LogP contribution is -2.64. The number of nitrogens with two attached hydrogens (primary N) is 1. The molecule has 3 aliphatic rings. The van der Waals surface area contributed by atoms with E-state index >= 15 is 0 Å². The van der Waals surface area contributed by atoms with Gasteiger partial charge in [0.15, 0.2) is 5.96 Å². The molecule has 2 aliphatic carbocycles. The monoisotopic (exact) mass is 588 g/mol. The van der Waals surface area contributed by atoms with E-state index in [1.807, 2.05) is 6.07 Å². The molecule has 2 saturated carbocycles. The lowest BCUT2D eigenvalue weighted by atomic mass is 9.68. The predicted molar refractivity (Wildman–Crippen MR) is 169 cm³/mol. The van der Waals surface area contributed by atoms with Crippen molar-refractivity contribution in [1.82, 2.24) is 19.4 Å². The van der Waals surface area contributed by atoms with Crippen molar-refractivity contribution in [2.24, 2.45) is 27.5 Å². The molecule has 0 amide bonds. The predicted octanol–water partition coefficient (Wildman–Crippen LogP) is 5.34. The summed E-state index contributed by atoms with van der Waals surface area (Å²) in [6.07, 6.45) is 5.86. The van der Waals surface area contributed by atoms with Crippen molar-refractivity contribution in [2.45, 2.75) is 85.0 Å². The van der Waals surface area contributed by atoms with Crippen molar-refractivity contribution in [1.29, 1.82) is 0 Å². The Morgan fingerprint density at radius 3 is 2.51 bits per heavy atom. The van der Waals surface area contributed by atoms with Gasteiger partial charge in [-0.3, -0.25) is 14.3 Å². The van der Waals surface area contributed by atoms with Crippen LogP contribution in [0, 0.1) is 22.6 Å². The molecular formula is C34H45FN6O2. The first-order valence-corrected chi connectivity index (χ1v) is 15.6. The summed E-state index contributed by atoms with van der Waals surface area (Å²) in [6, 6.07) is 11.5. The number of halogens is 1. The Morgan fingerprint density at radius 2 is 1.88 bits per heavy atom. The molecule has 6 rings (SSSR count). The SMILES string of the molecule is COc1ccc(CCn2cnc3cc(N=C(N)N4CC(C)N(C5CC6CCC5(C)C6(C)C)C(C)C4)ccc3c2=O)c(F)c1. The van der Waals surface area contributed by atoms with Gasteiger partial charge in [0.1, 0.15) is 11.6 Å². The number of rotatable bonds is 6. The van der Waals surface area contributed by atoms with E-state index < -0.39 is 0 Å². The molecule has 1 aliphatic heterocycles. The number of guanidine groups is 1. The molecule has 2 bridgehead atoms. The number of aliphatic imine (C=N–C) groups is 1. The van der Waals surface area contributed by atoms with Crippen molar-refractivity contribution < 1.29 is 9.13 Å². The van der Waals surface area contributed by atoms with Gasteiger partial charge in [0.2, 0.25) is 0 Å². The second kappa shape index (κ2) is 10.9. The van der Waals surface area contributed by atoms with Crippen LogP contribution in [0.25, 0.3) is 10.9 Å². The number of nitrogens with zero attached hydrogens (tertiary/aromatic N) is 5. The summed E-state index contributed by atoms with van der Waals surface area (Å²) < 4.78 is 21.0. The highest BCUT2D eigenvalue weighted by Gasteiger charge is 2.63. The number of benzene rings is 2. The second-order valence-corrected chi connectivity index (χ2v) is 13.8. The lowest BCUT2D eigenvalue weighted by Gasteiger charge is -2.53. The summed E-state index contributed by atoms with van der Waals surface area (Å²) in [6.45, 7) is 14.1. The van der Waals surface area contributed by atoms with Crippen LogP contribution >= 0.6 is 0 Å². The number of fused-ring (bicyclic) bond motifs is 3. The summed E-state index contributed by atoms with van der Waals surface area (Å²) >= 11 is 0. The van der Waals surface area contributed by atoms with E-state index in [4.69, 9.17) is 15.5 Å².